The third-order valence-corrected chi connectivity index (χ3v) is 5.96. The SMILES string of the molecule is c1ccc(-n2nc3ccccc3n2)c(OI2CC2)c1. The van der Waals surface area contributed by atoms with E-state index in [0.29, 0.717) is 0 Å². The Morgan fingerprint density at radius 3 is 2.21 bits per heavy atom. The van der Waals surface area contributed by atoms with Gasteiger partial charge in [-0.1, -0.05) is 0 Å². The van der Waals surface area contributed by atoms with Gasteiger partial charge >= 0.3 is 118 Å². The minimum absolute atomic E-state index is 0.905. The quantitative estimate of drug-likeness (QED) is 0.529. The summed E-state index contributed by atoms with van der Waals surface area (Å²) in [5, 5.41) is 9.03. The zero-order valence-corrected chi connectivity index (χ0v) is 12.3. The van der Waals surface area contributed by atoms with Gasteiger partial charge in [-0.3, -0.25) is 0 Å². The number of hydrogen-bond acceptors (Lipinski definition) is 3. The minimum atomic E-state index is -1.07. The maximum atomic E-state index is 6.06. The van der Waals surface area contributed by atoms with E-state index in [-0.39, 0.29) is 0 Å². The summed E-state index contributed by atoms with van der Waals surface area (Å²) in [6, 6.07) is 15.9. The van der Waals surface area contributed by atoms with Crippen molar-refractivity contribution >= 4 is 31.3 Å². The number of halogens is 1. The molecule has 1 saturated heterocycles. The first kappa shape index (κ1) is 11.2. The van der Waals surface area contributed by atoms with E-state index in [0.717, 1.165) is 22.5 Å². The molecular formula is C14H12IN3O. The van der Waals surface area contributed by atoms with E-state index < -0.39 is 20.2 Å². The van der Waals surface area contributed by atoms with Crippen molar-refractivity contribution in [3.63, 3.8) is 0 Å². The Hall–Kier alpha value is -1.63. The molecule has 1 aliphatic heterocycles. The predicted molar refractivity (Wildman–Crippen MR) is 83.2 cm³/mol. The molecule has 1 aromatic heterocycles. The van der Waals surface area contributed by atoms with Crippen LogP contribution in [0.3, 0.4) is 0 Å². The number of hydrogen-bond donors (Lipinski definition) is 0. The van der Waals surface area contributed by atoms with Crippen LogP contribution >= 0.6 is 20.2 Å². The molecule has 96 valence electrons. The maximum absolute atomic E-state index is 6.06. The van der Waals surface area contributed by atoms with Crippen LogP contribution in [0.4, 0.5) is 0 Å². The third kappa shape index (κ3) is 2.18. The molecule has 0 aliphatic carbocycles. The number of benzene rings is 2. The van der Waals surface area contributed by atoms with Crippen molar-refractivity contribution in [2.24, 2.45) is 0 Å². The summed E-state index contributed by atoms with van der Waals surface area (Å²) in [5.74, 6) is 0.922. The molecule has 3 aromatic rings. The molecule has 4 nitrogen and oxygen atoms in total. The summed E-state index contributed by atoms with van der Waals surface area (Å²) >= 11 is -1.07. The van der Waals surface area contributed by atoms with Crippen LogP contribution in [0.2, 0.25) is 0 Å². The van der Waals surface area contributed by atoms with Crippen LogP contribution in [-0.2, 0) is 0 Å². The molecule has 0 spiro atoms. The third-order valence-electron chi connectivity index (χ3n) is 2.90. The molecule has 1 fully saturated rings. The van der Waals surface area contributed by atoms with Gasteiger partial charge in [0.25, 0.3) is 0 Å². The summed E-state index contributed by atoms with van der Waals surface area (Å²) in [6.45, 7) is 0. The van der Waals surface area contributed by atoms with Gasteiger partial charge < -0.3 is 0 Å². The van der Waals surface area contributed by atoms with Gasteiger partial charge in [-0.25, -0.2) is 0 Å². The molecule has 5 heteroatoms. The number of rotatable bonds is 3. The average Bonchev–Trinajstić information content (AvgIpc) is 3.15. The molecule has 4 rings (SSSR count). The molecule has 2 heterocycles. The van der Waals surface area contributed by atoms with Crippen LogP contribution in [0.5, 0.6) is 5.75 Å². The Labute approximate surface area is 118 Å². The van der Waals surface area contributed by atoms with Gasteiger partial charge in [-0.2, -0.15) is 0 Å². The second kappa shape index (κ2) is 4.48. The molecule has 1 aliphatic rings. The first-order valence-electron chi connectivity index (χ1n) is 6.12. The monoisotopic (exact) mass is 365 g/mol. The summed E-state index contributed by atoms with van der Waals surface area (Å²) in [7, 11) is 0. The fraction of sp³-hybridized carbons (Fsp3) is 0.143. The fourth-order valence-corrected chi connectivity index (χ4v) is 4.65. The molecule has 0 bridgehead atoms. The molecule has 0 radical (unpaired) electrons. The van der Waals surface area contributed by atoms with Gasteiger partial charge in [-0.15, -0.1) is 0 Å². The van der Waals surface area contributed by atoms with Crippen molar-refractivity contribution in [3.8, 4) is 11.4 Å². The normalized spacial score (nSPS) is 15.7. The summed E-state index contributed by atoms with van der Waals surface area (Å²) < 4.78 is 8.66. The second-order valence-corrected chi connectivity index (χ2v) is 9.23. The van der Waals surface area contributed by atoms with E-state index in [1.54, 1.807) is 4.80 Å². The van der Waals surface area contributed by atoms with Crippen molar-refractivity contribution in [2.45, 2.75) is 0 Å². The van der Waals surface area contributed by atoms with Crippen molar-refractivity contribution in [1.29, 1.82) is 0 Å². The van der Waals surface area contributed by atoms with Crippen molar-refractivity contribution < 1.29 is 3.07 Å². The van der Waals surface area contributed by atoms with Gasteiger partial charge in [0.15, 0.2) is 0 Å². The van der Waals surface area contributed by atoms with E-state index in [2.05, 4.69) is 10.2 Å². The Morgan fingerprint density at radius 2 is 1.53 bits per heavy atom. The molecule has 0 atom stereocenters. The standard InChI is InChI=1S/C14H12IN3O/c1-2-6-12-11(5-1)16-18(17-12)13-7-3-4-8-14(13)19-15-9-10-15/h1-8H,9-10H2. The molecule has 2 aromatic carbocycles. The summed E-state index contributed by atoms with van der Waals surface area (Å²) in [4.78, 5) is 1.68. The fourth-order valence-electron chi connectivity index (χ4n) is 1.88. The first-order valence-corrected chi connectivity index (χ1v) is 10.1. The van der Waals surface area contributed by atoms with E-state index in [1.165, 1.54) is 8.86 Å². The molecule has 0 N–H and O–H groups in total. The van der Waals surface area contributed by atoms with E-state index in [1.807, 2.05) is 48.5 Å². The topological polar surface area (TPSA) is 39.9 Å². The van der Waals surface area contributed by atoms with Crippen LogP contribution in [-0.4, -0.2) is 23.8 Å². The number of fused-ring (bicyclic) bond motifs is 1. The Bertz CT molecular complexity index is 703. The van der Waals surface area contributed by atoms with Crippen LogP contribution in [0, 0.1) is 0 Å². The zero-order valence-electron chi connectivity index (χ0n) is 10.2. The zero-order chi connectivity index (χ0) is 12.7. The van der Waals surface area contributed by atoms with Gasteiger partial charge in [0.1, 0.15) is 0 Å². The Kier molecular flexibility index (Phi) is 2.65. The van der Waals surface area contributed by atoms with E-state index in [9.17, 15) is 0 Å². The first-order chi connectivity index (χ1) is 9.40. The van der Waals surface area contributed by atoms with Crippen LogP contribution in [0.25, 0.3) is 16.7 Å². The van der Waals surface area contributed by atoms with Crippen molar-refractivity contribution in [1.82, 2.24) is 15.0 Å². The number of para-hydroxylation sites is 2. The molecule has 0 unspecified atom stereocenters. The number of aromatic nitrogens is 3. The Morgan fingerprint density at radius 1 is 0.895 bits per heavy atom. The van der Waals surface area contributed by atoms with Crippen molar-refractivity contribution in [3.05, 3.63) is 48.5 Å². The van der Waals surface area contributed by atoms with Crippen LogP contribution in [0.1, 0.15) is 0 Å². The molecule has 0 saturated carbocycles. The predicted octanol–water partition coefficient (Wildman–Crippen LogP) is 3.23. The molecular weight excluding hydrogens is 353 g/mol. The van der Waals surface area contributed by atoms with Crippen LogP contribution < -0.4 is 3.07 Å². The van der Waals surface area contributed by atoms with Crippen molar-refractivity contribution in [2.75, 3.05) is 8.86 Å². The van der Waals surface area contributed by atoms with Gasteiger partial charge in [0.05, 0.1) is 0 Å². The molecule has 19 heavy (non-hydrogen) atoms. The van der Waals surface area contributed by atoms with Crippen LogP contribution in [0.15, 0.2) is 48.5 Å². The van der Waals surface area contributed by atoms with Gasteiger partial charge in [0.2, 0.25) is 0 Å². The van der Waals surface area contributed by atoms with E-state index >= 15 is 0 Å². The molecule has 0 amide bonds. The average molecular weight is 365 g/mol. The second-order valence-electron chi connectivity index (χ2n) is 4.31. The van der Waals surface area contributed by atoms with Gasteiger partial charge in [0, 0.05) is 0 Å². The summed E-state index contributed by atoms with van der Waals surface area (Å²) in [6.07, 6.45) is 0. The summed E-state index contributed by atoms with van der Waals surface area (Å²) in [5.41, 5.74) is 2.74. The Balaban J connectivity index is 1.81. The number of alkyl halides is 2. The van der Waals surface area contributed by atoms with E-state index in [4.69, 9.17) is 3.07 Å². The van der Waals surface area contributed by atoms with Gasteiger partial charge in [-0.05, 0) is 0 Å². The number of nitrogens with zero attached hydrogens (tertiary/aromatic N) is 3.